The summed E-state index contributed by atoms with van der Waals surface area (Å²) >= 11 is 0. The third-order valence-corrected chi connectivity index (χ3v) is 5.81. The van der Waals surface area contributed by atoms with E-state index >= 15 is 0 Å². The molecule has 1 N–H and O–H groups in total. The molecule has 1 aromatic carbocycles. The second-order valence-corrected chi connectivity index (χ2v) is 7.73. The van der Waals surface area contributed by atoms with Gasteiger partial charge in [0.2, 0.25) is 0 Å². The van der Waals surface area contributed by atoms with E-state index in [-0.39, 0.29) is 5.92 Å². The molecule has 3 heterocycles. The molecule has 8 heteroatoms. The summed E-state index contributed by atoms with van der Waals surface area (Å²) in [6.45, 7) is 4.72. The topological polar surface area (TPSA) is 49.7 Å². The molecule has 29 heavy (non-hydrogen) atoms. The largest absolute Gasteiger partial charge is 0.416 e. The Morgan fingerprint density at radius 3 is 2.79 bits per heavy atom. The number of aryl methyl sites for hydroxylation is 1. The Bertz CT molecular complexity index is 988. The molecule has 1 fully saturated rings. The van der Waals surface area contributed by atoms with Crippen LogP contribution in [0.15, 0.2) is 36.7 Å². The smallest absolute Gasteiger partial charge is 0.298 e. The Morgan fingerprint density at radius 1 is 1.24 bits per heavy atom. The average molecular weight is 403 g/mol. The first-order chi connectivity index (χ1) is 13.8. The molecule has 0 unspecified atom stereocenters. The number of piperidine rings is 1. The summed E-state index contributed by atoms with van der Waals surface area (Å²) in [4.78, 5) is 2.38. The first kappa shape index (κ1) is 19.7. The van der Waals surface area contributed by atoms with Crippen molar-refractivity contribution < 1.29 is 13.2 Å². The molecule has 0 radical (unpaired) electrons. The lowest BCUT2D eigenvalue weighted by Gasteiger charge is -2.32. The summed E-state index contributed by atoms with van der Waals surface area (Å²) in [7, 11) is 1.93. The highest BCUT2D eigenvalue weighted by Crippen LogP contribution is 2.36. The van der Waals surface area contributed by atoms with E-state index < -0.39 is 11.7 Å². The monoisotopic (exact) mass is 403 g/mol. The van der Waals surface area contributed by atoms with Crippen LogP contribution >= 0.6 is 0 Å². The highest BCUT2D eigenvalue weighted by atomic mass is 19.4. The van der Waals surface area contributed by atoms with Gasteiger partial charge in [-0.05, 0) is 44.0 Å². The number of nitrogens with one attached hydrogen (secondary N) is 1. The van der Waals surface area contributed by atoms with Crippen molar-refractivity contribution in [1.29, 1.82) is 0 Å². The van der Waals surface area contributed by atoms with Crippen molar-refractivity contribution >= 4 is 0 Å². The molecule has 5 nitrogen and oxygen atoms in total. The zero-order valence-electron chi connectivity index (χ0n) is 16.5. The molecule has 0 aliphatic carbocycles. The number of hydrogen-bond donors (Lipinski definition) is 1. The van der Waals surface area contributed by atoms with Crippen LogP contribution in [-0.2, 0) is 19.8 Å². The Morgan fingerprint density at radius 2 is 2.07 bits per heavy atom. The van der Waals surface area contributed by atoms with Gasteiger partial charge in [0, 0.05) is 48.6 Å². The van der Waals surface area contributed by atoms with Crippen LogP contribution < -0.4 is 0 Å². The number of halogens is 3. The number of hydrogen-bond acceptors (Lipinski definition) is 3. The van der Waals surface area contributed by atoms with Gasteiger partial charge in [-0.2, -0.15) is 23.4 Å². The first-order valence-electron chi connectivity index (χ1n) is 9.73. The van der Waals surface area contributed by atoms with Crippen LogP contribution in [0.3, 0.4) is 0 Å². The Kier molecular flexibility index (Phi) is 5.21. The average Bonchev–Trinajstić information content (AvgIpc) is 3.30. The minimum Gasteiger partial charge on any atom is -0.298 e. The van der Waals surface area contributed by atoms with E-state index in [4.69, 9.17) is 0 Å². The van der Waals surface area contributed by atoms with E-state index in [1.807, 2.05) is 17.9 Å². The number of H-pyrrole nitrogens is 1. The van der Waals surface area contributed by atoms with Crippen LogP contribution in [0.25, 0.3) is 11.1 Å². The van der Waals surface area contributed by atoms with Crippen molar-refractivity contribution in [2.24, 2.45) is 7.05 Å². The van der Waals surface area contributed by atoms with E-state index in [1.54, 1.807) is 12.3 Å². The second kappa shape index (κ2) is 7.67. The predicted octanol–water partition coefficient (Wildman–Crippen LogP) is 4.52. The Hall–Kier alpha value is -2.61. The normalized spacial score (nSPS) is 18.3. The molecule has 0 spiro atoms. The summed E-state index contributed by atoms with van der Waals surface area (Å²) in [5, 5.41) is 11.5. The quantitative estimate of drug-likeness (QED) is 0.697. The maximum Gasteiger partial charge on any atom is 0.416 e. The van der Waals surface area contributed by atoms with Gasteiger partial charge in [-0.25, -0.2) is 0 Å². The molecule has 0 amide bonds. The second-order valence-electron chi connectivity index (χ2n) is 7.73. The fraction of sp³-hybridized carbons (Fsp3) is 0.429. The fourth-order valence-electron chi connectivity index (χ4n) is 4.08. The molecular formula is C21H24F3N5. The Balaban J connectivity index is 1.55. The third-order valence-electron chi connectivity index (χ3n) is 5.81. The van der Waals surface area contributed by atoms with Gasteiger partial charge in [-0.1, -0.05) is 12.1 Å². The van der Waals surface area contributed by atoms with Crippen molar-refractivity contribution in [3.05, 3.63) is 59.2 Å². The van der Waals surface area contributed by atoms with Crippen molar-refractivity contribution in [1.82, 2.24) is 24.9 Å². The van der Waals surface area contributed by atoms with Crippen LogP contribution in [0.1, 0.15) is 41.3 Å². The van der Waals surface area contributed by atoms with Gasteiger partial charge in [-0.3, -0.25) is 14.7 Å². The van der Waals surface area contributed by atoms with Gasteiger partial charge in [0.25, 0.3) is 0 Å². The van der Waals surface area contributed by atoms with Gasteiger partial charge in [0.1, 0.15) is 0 Å². The molecule has 0 saturated carbocycles. The summed E-state index contributed by atoms with van der Waals surface area (Å²) in [6.07, 6.45) is 1.20. The maximum absolute atomic E-state index is 13.1. The van der Waals surface area contributed by atoms with Gasteiger partial charge < -0.3 is 0 Å². The number of likely N-dealkylation sites (tertiary alicyclic amines) is 1. The highest BCUT2D eigenvalue weighted by Gasteiger charge is 2.31. The lowest BCUT2D eigenvalue weighted by atomic mass is 9.90. The molecule has 1 aliphatic heterocycles. The number of rotatable bonds is 4. The minimum atomic E-state index is -4.36. The molecule has 2 aromatic heterocycles. The molecule has 1 atom stereocenters. The zero-order chi connectivity index (χ0) is 20.6. The third kappa shape index (κ3) is 4.07. The molecule has 0 bridgehead atoms. The van der Waals surface area contributed by atoms with Gasteiger partial charge in [0.15, 0.2) is 0 Å². The highest BCUT2D eigenvalue weighted by molar-refractivity contribution is 5.66. The number of benzene rings is 1. The van der Waals surface area contributed by atoms with Crippen LogP contribution in [0, 0.1) is 6.92 Å². The molecule has 1 saturated heterocycles. The van der Waals surface area contributed by atoms with E-state index in [1.165, 1.54) is 17.7 Å². The first-order valence-corrected chi connectivity index (χ1v) is 9.73. The SMILES string of the molecule is Cc1c(CN2CCC[C@H](c3[nH]ncc3-c3cccc(C(F)(F)F)c3)C2)cnn1C. The van der Waals surface area contributed by atoms with Gasteiger partial charge >= 0.3 is 6.18 Å². The Labute approximate surface area is 167 Å². The van der Waals surface area contributed by atoms with Crippen molar-refractivity contribution in [2.75, 3.05) is 13.1 Å². The fourth-order valence-corrected chi connectivity index (χ4v) is 4.08. The number of aromatic amines is 1. The molecule has 3 aromatic rings. The van der Waals surface area contributed by atoms with Gasteiger partial charge in [0.05, 0.1) is 18.0 Å². The number of aromatic nitrogens is 4. The lowest BCUT2D eigenvalue weighted by molar-refractivity contribution is -0.137. The zero-order valence-corrected chi connectivity index (χ0v) is 16.5. The molecular weight excluding hydrogens is 379 g/mol. The van der Waals surface area contributed by atoms with E-state index in [2.05, 4.69) is 27.1 Å². The molecule has 154 valence electrons. The summed E-state index contributed by atoms with van der Waals surface area (Å²) in [6, 6.07) is 5.46. The van der Waals surface area contributed by atoms with Crippen LogP contribution in [0.2, 0.25) is 0 Å². The van der Waals surface area contributed by atoms with E-state index in [0.717, 1.165) is 55.5 Å². The van der Waals surface area contributed by atoms with Crippen LogP contribution in [0.5, 0.6) is 0 Å². The van der Waals surface area contributed by atoms with Crippen molar-refractivity contribution in [3.63, 3.8) is 0 Å². The van der Waals surface area contributed by atoms with Crippen molar-refractivity contribution in [3.8, 4) is 11.1 Å². The number of alkyl halides is 3. The predicted molar refractivity (Wildman–Crippen MR) is 104 cm³/mol. The summed E-state index contributed by atoms with van der Waals surface area (Å²) < 4.78 is 41.2. The van der Waals surface area contributed by atoms with Crippen LogP contribution in [-0.4, -0.2) is 38.0 Å². The maximum atomic E-state index is 13.1. The standard InChI is InChI=1S/C21H24F3N5/c1-14-17(10-26-28(14)2)13-29-8-4-6-16(12-29)20-19(11-25-27-20)15-5-3-7-18(9-15)21(22,23)24/h3,5,7,9-11,16H,4,6,8,12-13H2,1-2H3,(H,25,27)/t16-/m0/s1. The minimum absolute atomic E-state index is 0.202. The van der Waals surface area contributed by atoms with Crippen LogP contribution in [0.4, 0.5) is 13.2 Å². The summed E-state index contributed by atoms with van der Waals surface area (Å²) in [5.41, 5.74) is 3.93. The lowest BCUT2D eigenvalue weighted by Crippen LogP contribution is -2.34. The van der Waals surface area contributed by atoms with E-state index in [0.29, 0.717) is 5.56 Å². The summed E-state index contributed by atoms with van der Waals surface area (Å²) in [5.74, 6) is 0.202. The van der Waals surface area contributed by atoms with Crippen molar-refractivity contribution in [2.45, 2.75) is 38.4 Å². The number of nitrogens with zero attached hydrogens (tertiary/aromatic N) is 4. The molecule has 4 rings (SSSR count). The van der Waals surface area contributed by atoms with E-state index in [9.17, 15) is 13.2 Å². The molecule has 1 aliphatic rings. The van der Waals surface area contributed by atoms with Gasteiger partial charge in [-0.15, -0.1) is 0 Å².